The van der Waals surface area contributed by atoms with Gasteiger partial charge < -0.3 is 19.1 Å². The van der Waals surface area contributed by atoms with Gasteiger partial charge in [-0.05, 0) is 41.8 Å². The number of imidazole rings is 1. The van der Waals surface area contributed by atoms with Crippen LogP contribution < -0.4 is 0 Å². The molecule has 4 heterocycles. The highest BCUT2D eigenvalue weighted by Gasteiger charge is 2.18. The molecule has 2 aliphatic rings. The molecule has 1 N–H and O–H groups in total. The summed E-state index contributed by atoms with van der Waals surface area (Å²) in [5.41, 5.74) is 5.30. The Morgan fingerprint density at radius 2 is 2.08 bits per heavy atom. The first-order valence-corrected chi connectivity index (χ1v) is 8.68. The van der Waals surface area contributed by atoms with Crippen molar-refractivity contribution in [2.75, 3.05) is 33.4 Å². The first-order valence-electron chi connectivity index (χ1n) is 8.68. The standard InChI is InChI=1S/C19H24N4O2/c1-14-9-16(11-21(2)19(14)24)15-3-4-18-20-10-17(23(18)12-15)13-22-5-7-25-8-6-22/h3-4,9-12,19,24H,5-8,13H2,1-2H3. The number of hydrogen-bond donors (Lipinski definition) is 1. The number of pyridine rings is 1. The van der Waals surface area contributed by atoms with Crippen molar-refractivity contribution in [3.8, 4) is 0 Å². The Bertz CT molecular complexity index is 833. The number of nitrogens with zero attached hydrogens (tertiary/aromatic N) is 4. The molecule has 2 aliphatic heterocycles. The molecular weight excluding hydrogens is 316 g/mol. The highest BCUT2D eigenvalue weighted by molar-refractivity contribution is 5.76. The van der Waals surface area contributed by atoms with E-state index in [0.29, 0.717) is 0 Å². The highest BCUT2D eigenvalue weighted by atomic mass is 16.5. The molecule has 0 radical (unpaired) electrons. The van der Waals surface area contributed by atoms with Gasteiger partial charge in [0.05, 0.1) is 25.1 Å². The molecule has 0 aliphatic carbocycles. The minimum absolute atomic E-state index is 0.544. The average molecular weight is 340 g/mol. The summed E-state index contributed by atoms with van der Waals surface area (Å²) >= 11 is 0. The van der Waals surface area contributed by atoms with Crippen molar-refractivity contribution in [3.63, 3.8) is 0 Å². The largest absolute Gasteiger partial charge is 0.379 e. The van der Waals surface area contributed by atoms with Crippen LogP contribution in [0.15, 0.2) is 42.4 Å². The summed E-state index contributed by atoms with van der Waals surface area (Å²) in [6.07, 6.45) is 7.58. The van der Waals surface area contributed by atoms with E-state index in [0.717, 1.165) is 55.2 Å². The lowest BCUT2D eigenvalue weighted by Gasteiger charge is -2.28. The van der Waals surface area contributed by atoms with Crippen molar-refractivity contribution in [2.24, 2.45) is 0 Å². The second-order valence-electron chi connectivity index (χ2n) is 6.80. The zero-order valence-corrected chi connectivity index (χ0v) is 14.7. The number of aliphatic hydroxyl groups excluding tert-OH is 1. The van der Waals surface area contributed by atoms with E-state index in [1.165, 1.54) is 5.69 Å². The summed E-state index contributed by atoms with van der Waals surface area (Å²) in [6, 6.07) is 4.13. The maximum atomic E-state index is 10.1. The normalized spacial score (nSPS) is 22.2. The molecule has 0 bridgehead atoms. The Morgan fingerprint density at radius 3 is 2.84 bits per heavy atom. The van der Waals surface area contributed by atoms with Crippen LogP contribution in [-0.4, -0.2) is 63.9 Å². The van der Waals surface area contributed by atoms with E-state index in [9.17, 15) is 5.11 Å². The van der Waals surface area contributed by atoms with Crippen molar-refractivity contribution >= 4 is 11.2 Å². The number of likely N-dealkylation sites (N-methyl/N-ethyl adjacent to an activating group) is 1. The Labute approximate surface area is 147 Å². The number of fused-ring (bicyclic) bond motifs is 1. The number of ether oxygens (including phenoxy) is 1. The lowest BCUT2D eigenvalue weighted by atomic mass is 10.0. The Kier molecular flexibility index (Phi) is 4.33. The number of rotatable bonds is 3. The molecule has 1 atom stereocenters. The van der Waals surface area contributed by atoms with Crippen LogP contribution in [0, 0.1) is 0 Å². The minimum Gasteiger partial charge on any atom is -0.379 e. The maximum Gasteiger partial charge on any atom is 0.148 e. The van der Waals surface area contributed by atoms with Crippen LogP contribution in [0.4, 0.5) is 0 Å². The van der Waals surface area contributed by atoms with Crippen LogP contribution in [-0.2, 0) is 11.3 Å². The molecule has 1 fully saturated rings. The Hall–Kier alpha value is -2.15. The first-order chi connectivity index (χ1) is 12.1. The predicted molar refractivity (Wildman–Crippen MR) is 96.8 cm³/mol. The molecule has 0 spiro atoms. The smallest absolute Gasteiger partial charge is 0.148 e. The van der Waals surface area contributed by atoms with E-state index in [1.54, 1.807) is 0 Å². The molecule has 0 amide bonds. The second-order valence-corrected chi connectivity index (χ2v) is 6.80. The van der Waals surface area contributed by atoms with Crippen molar-refractivity contribution in [1.82, 2.24) is 19.2 Å². The molecule has 0 saturated carbocycles. The van der Waals surface area contributed by atoms with Crippen molar-refractivity contribution < 1.29 is 9.84 Å². The average Bonchev–Trinajstić information content (AvgIpc) is 3.02. The number of aliphatic hydroxyl groups is 1. The van der Waals surface area contributed by atoms with E-state index < -0.39 is 6.23 Å². The molecule has 132 valence electrons. The van der Waals surface area contributed by atoms with Gasteiger partial charge in [-0.1, -0.05) is 0 Å². The molecule has 1 unspecified atom stereocenters. The zero-order valence-electron chi connectivity index (χ0n) is 14.7. The summed E-state index contributed by atoms with van der Waals surface area (Å²) in [6.45, 7) is 6.35. The van der Waals surface area contributed by atoms with Crippen molar-refractivity contribution in [3.05, 3.63) is 53.6 Å². The number of hydrogen-bond acceptors (Lipinski definition) is 5. The van der Waals surface area contributed by atoms with Gasteiger partial charge in [-0.25, -0.2) is 4.98 Å². The lowest BCUT2D eigenvalue weighted by molar-refractivity contribution is 0.0335. The van der Waals surface area contributed by atoms with E-state index in [1.807, 2.05) is 43.4 Å². The van der Waals surface area contributed by atoms with Gasteiger partial charge >= 0.3 is 0 Å². The molecule has 0 aromatic carbocycles. The van der Waals surface area contributed by atoms with Gasteiger partial charge in [0.15, 0.2) is 0 Å². The molecule has 25 heavy (non-hydrogen) atoms. The van der Waals surface area contributed by atoms with Gasteiger partial charge in [0, 0.05) is 39.1 Å². The van der Waals surface area contributed by atoms with E-state index in [2.05, 4.69) is 26.5 Å². The first kappa shape index (κ1) is 16.3. The van der Waals surface area contributed by atoms with Crippen molar-refractivity contribution in [2.45, 2.75) is 19.7 Å². The van der Waals surface area contributed by atoms with Crippen LogP contribution in [0.5, 0.6) is 0 Å². The molecule has 4 rings (SSSR count). The third kappa shape index (κ3) is 3.20. The van der Waals surface area contributed by atoms with Gasteiger partial charge in [0.25, 0.3) is 0 Å². The molecule has 1 saturated heterocycles. The molecule has 2 aromatic rings. The van der Waals surface area contributed by atoms with Crippen LogP contribution in [0.2, 0.25) is 0 Å². The molecular formula is C19H24N4O2. The van der Waals surface area contributed by atoms with Gasteiger partial charge in [0.1, 0.15) is 11.9 Å². The highest BCUT2D eigenvalue weighted by Crippen LogP contribution is 2.26. The SMILES string of the molecule is CC1=CC(c2ccc3ncc(CN4CCOCC4)n3c2)=CN(C)C1O. The minimum atomic E-state index is -0.544. The third-order valence-corrected chi connectivity index (χ3v) is 4.92. The summed E-state index contributed by atoms with van der Waals surface area (Å²) in [4.78, 5) is 8.76. The molecule has 6 nitrogen and oxygen atoms in total. The van der Waals surface area contributed by atoms with Gasteiger partial charge in [-0.2, -0.15) is 0 Å². The Morgan fingerprint density at radius 1 is 1.28 bits per heavy atom. The van der Waals surface area contributed by atoms with E-state index in [-0.39, 0.29) is 0 Å². The quantitative estimate of drug-likeness (QED) is 0.922. The fourth-order valence-corrected chi connectivity index (χ4v) is 3.43. The summed E-state index contributed by atoms with van der Waals surface area (Å²) in [5.74, 6) is 0. The maximum absolute atomic E-state index is 10.1. The predicted octanol–water partition coefficient (Wildman–Crippen LogP) is 1.72. The van der Waals surface area contributed by atoms with Crippen LogP contribution in [0.25, 0.3) is 11.2 Å². The van der Waals surface area contributed by atoms with Crippen LogP contribution in [0.1, 0.15) is 18.2 Å². The van der Waals surface area contributed by atoms with Gasteiger partial charge in [-0.3, -0.25) is 4.90 Å². The zero-order chi connectivity index (χ0) is 17.4. The fourth-order valence-electron chi connectivity index (χ4n) is 3.43. The summed E-state index contributed by atoms with van der Waals surface area (Å²) < 4.78 is 7.60. The third-order valence-electron chi connectivity index (χ3n) is 4.92. The van der Waals surface area contributed by atoms with Gasteiger partial charge in [-0.15, -0.1) is 0 Å². The number of allylic oxidation sites excluding steroid dienone is 2. The summed E-state index contributed by atoms with van der Waals surface area (Å²) in [7, 11) is 1.89. The number of aromatic nitrogens is 2. The van der Waals surface area contributed by atoms with E-state index >= 15 is 0 Å². The molecule has 2 aromatic heterocycles. The van der Waals surface area contributed by atoms with E-state index in [4.69, 9.17) is 4.74 Å². The van der Waals surface area contributed by atoms with Crippen molar-refractivity contribution in [1.29, 1.82) is 0 Å². The monoisotopic (exact) mass is 340 g/mol. The fraction of sp³-hybridized carbons (Fsp3) is 0.421. The topological polar surface area (TPSA) is 53.2 Å². The Balaban J connectivity index is 1.65. The van der Waals surface area contributed by atoms with Crippen LogP contribution in [0.3, 0.4) is 0 Å². The summed E-state index contributed by atoms with van der Waals surface area (Å²) in [5, 5.41) is 10.1. The second kappa shape index (κ2) is 6.63. The number of morpholine rings is 1. The molecule has 6 heteroatoms. The lowest BCUT2D eigenvalue weighted by Crippen LogP contribution is -2.35. The van der Waals surface area contributed by atoms with Gasteiger partial charge in [0.2, 0.25) is 0 Å². The van der Waals surface area contributed by atoms with Crippen LogP contribution >= 0.6 is 0 Å².